The summed E-state index contributed by atoms with van der Waals surface area (Å²) in [6.07, 6.45) is 0. The number of hydrogen-bond acceptors (Lipinski definition) is 3. The molecule has 4 heteroatoms. The summed E-state index contributed by atoms with van der Waals surface area (Å²) in [5, 5.41) is 2.54. The molecule has 0 spiro atoms. The molecule has 4 nitrogen and oxygen atoms in total. The molecule has 0 fully saturated rings. The maximum atomic E-state index is 12.9. The zero-order valence-corrected chi connectivity index (χ0v) is 12.8. The maximum Gasteiger partial charge on any atom is 0.221 e. The van der Waals surface area contributed by atoms with Crippen LogP contribution in [0.3, 0.4) is 0 Å². The average Bonchev–Trinajstić information content (AvgIpc) is 2.54. The number of Topliss-reactive ketones (excluding diaryl/α,β-unsaturated/α-hetero) is 2. The van der Waals surface area contributed by atoms with Gasteiger partial charge in [0.1, 0.15) is 5.70 Å². The Morgan fingerprint density at radius 1 is 0.870 bits per heavy atom. The van der Waals surface area contributed by atoms with Gasteiger partial charge >= 0.3 is 0 Å². The summed E-state index contributed by atoms with van der Waals surface area (Å²) in [5.74, 6) is -0.982. The standard InChI is InChI=1S/C19H15NO3/c1-11-7-9-13(10-8-11)16-17(20-12(2)21)19(23)15-6-4-3-5-14(15)18(16)22/h3-10H,1-2H3,(H,20,21). The maximum absolute atomic E-state index is 12.9. The predicted molar refractivity (Wildman–Crippen MR) is 87.0 cm³/mol. The molecule has 114 valence electrons. The van der Waals surface area contributed by atoms with Gasteiger partial charge in [-0.1, -0.05) is 54.1 Å². The molecule has 3 rings (SSSR count). The van der Waals surface area contributed by atoms with E-state index in [1.54, 1.807) is 36.4 Å². The van der Waals surface area contributed by atoms with Crippen molar-refractivity contribution in [3.05, 3.63) is 76.5 Å². The normalized spacial score (nSPS) is 13.8. The molecule has 0 saturated carbocycles. The lowest BCUT2D eigenvalue weighted by molar-refractivity contribution is -0.118. The molecule has 1 N–H and O–H groups in total. The Balaban J connectivity index is 2.25. The first kappa shape index (κ1) is 14.9. The molecule has 23 heavy (non-hydrogen) atoms. The lowest BCUT2D eigenvalue weighted by Crippen LogP contribution is -2.32. The molecule has 0 radical (unpaired) electrons. The Morgan fingerprint density at radius 3 is 2.00 bits per heavy atom. The molecule has 0 atom stereocenters. The monoisotopic (exact) mass is 305 g/mol. The highest BCUT2D eigenvalue weighted by molar-refractivity contribution is 6.40. The second-order valence-corrected chi connectivity index (χ2v) is 5.50. The zero-order chi connectivity index (χ0) is 16.6. The first-order valence-corrected chi connectivity index (χ1v) is 7.26. The number of allylic oxidation sites excluding steroid dienone is 2. The molecule has 0 aliphatic heterocycles. The molecule has 2 aromatic rings. The summed E-state index contributed by atoms with van der Waals surface area (Å²) in [4.78, 5) is 37.1. The van der Waals surface area contributed by atoms with Crippen LogP contribution in [0.2, 0.25) is 0 Å². The molecule has 2 aromatic carbocycles. The molecular weight excluding hydrogens is 290 g/mol. The van der Waals surface area contributed by atoms with Gasteiger partial charge in [0.2, 0.25) is 11.7 Å². The quantitative estimate of drug-likeness (QED) is 0.928. The van der Waals surface area contributed by atoms with Crippen molar-refractivity contribution in [2.45, 2.75) is 13.8 Å². The lowest BCUT2D eigenvalue weighted by Gasteiger charge is -2.21. The molecule has 0 bridgehead atoms. The second kappa shape index (κ2) is 5.65. The fourth-order valence-corrected chi connectivity index (χ4v) is 2.67. The van der Waals surface area contributed by atoms with Crippen molar-refractivity contribution in [3.8, 4) is 0 Å². The lowest BCUT2D eigenvalue weighted by atomic mass is 9.84. The van der Waals surface area contributed by atoms with E-state index in [1.807, 2.05) is 19.1 Å². The Kier molecular flexibility index (Phi) is 3.66. The molecule has 1 aliphatic rings. The number of amides is 1. The van der Waals surface area contributed by atoms with Crippen molar-refractivity contribution in [1.82, 2.24) is 5.32 Å². The first-order valence-electron chi connectivity index (χ1n) is 7.26. The van der Waals surface area contributed by atoms with Crippen molar-refractivity contribution in [3.63, 3.8) is 0 Å². The van der Waals surface area contributed by atoms with E-state index >= 15 is 0 Å². The van der Waals surface area contributed by atoms with Crippen molar-refractivity contribution >= 4 is 23.0 Å². The fourth-order valence-electron chi connectivity index (χ4n) is 2.67. The largest absolute Gasteiger partial charge is 0.322 e. The number of rotatable bonds is 2. The molecular formula is C19H15NO3. The first-order chi connectivity index (χ1) is 11.0. The van der Waals surface area contributed by atoms with Gasteiger partial charge in [-0.2, -0.15) is 0 Å². The average molecular weight is 305 g/mol. The van der Waals surface area contributed by atoms with Gasteiger partial charge < -0.3 is 5.32 Å². The number of hydrogen-bond donors (Lipinski definition) is 1. The van der Waals surface area contributed by atoms with Crippen LogP contribution in [0.4, 0.5) is 0 Å². The van der Waals surface area contributed by atoms with Crippen LogP contribution in [0.25, 0.3) is 5.57 Å². The van der Waals surface area contributed by atoms with Crippen LogP contribution in [0, 0.1) is 6.92 Å². The van der Waals surface area contributed by atoms with Crippen molar-refractivity contribution in [2.24, 2.45) is 0 Å². The number of carbonyl (C=O) groups excluding carboxylic acids is 3. The zero-order valence-electron chi connectivity index (χ0n) is 12.8. The highest BCUT2D eigenvalue weighted by Gasteiger charge is 2.33. The summed E-state index contributed by atoms with van der Waals surface area (Å²) in [6.45, 7) is 3.26. The Morgan fingerprint density at radius 2 is 1.43 bits per heavy atom. The van der Waals surface area contributed by atoms with Gasteiger partial charge in [-0.3, -0.25) is 14.4 Å². The third-order valence-electron chi connectivity index (χ3n) is 3.76. The topological polar surface area (TPSA) is 63.2 Å². The third kappa shape index (κ3) is 2.59. The SMILES string of the molecule is CC(=O)NC1=C(c2ccc(C)cc2)C(=O)c2ccccc2C1=O. The van der Waals surface area contributed by atoms with E-state index < -0.39 is 0 Å². The minimum Gasteiger partial charge on any atom is -0.322 e. The molecule has 0 unspecified atom stereocenters. The molecule has 0 aromatic heterocycles. The van der Waals surface area contributed by atoms with E-state index in [9.17, 15) is 14.4 Å². The number of ketones is 2. The van der Waals surface area contributed by atoms with Gasteiger partial charge in [0, 0.05) is 18.1 Å². The number of benzene rings is 2. The number of nitrogens with one attached hydrogen (secondary N) is 1. The van der Waals surface area contributed by atoms with Gasteiger partial charge in [0.15, 0.2) is 5.78 Å². The fraction of sp³-hybridized carbons (Fsp3) is 0.105. The minimum absolute atomic E-state index is 0.0463. The summed E-state index contributed by atoms with van der Waals surface area (Å²) in [7, 11) is 0. The smallest absolute Gasteiger partial charge is 0.221 e. The number of carbonyl (C=O) groups is 3. The highest BCUT2D eigenvalue weighted by atomic mass is 16.2. The number of aryl methyl sites for hydroxylation is 1. The van der Waals surface area contributed by atoms with Crippen LogP contribution in [-0.4, -0.2) is 17.5 Å². The minimum atomic E-state index is -0.384. The molecule has 1 amide bonds. The Hall–Kier alpha value is -3.01. The van der Waals surface area contributed by atoms with Crippen LogP contribution in [0.1, 0.15) is 38.8 Å². The van der Waals surface area contributed by atoms with Crippen LogP contribution in [0.5, 0.6) is 0 Å². The highest BCUT2D eigenvalue weighted by Crippen LogP contribution is 2.31. The van der Waals surface area contributed by atoms with Crippen molar-refractivity contribution in [1.29, 1.82) is 0 Å². The van der Waals surface area contributed by atoms with Gasteiger partial charge in [-0.05, 0) is 12.5 Å². The van der Waals surface area contributed by atoms with E-state index in [0.717, 1.165) is 5.56 Å². The van der Waals surface area contributed by atoms with E-state index in [1.165, 1.54) is 6.92 Å². The van der Waals surface area contributed by atoms with Gasteiger partial charge in [-0.25, -0.2) is 0 Å². The summed E-state index contributed by atoms with van der Waals surface area (Å²) >= 11 is 0. The van der Waals surface area contributed by atoms with Crippen LogP contribution < -0.4 is 5.32 Å². The van der Waals surface area contributed by atoms with E-state index in [4.69, 9.17) is 0 Å². The number of fused-ring (bicyclic) bond motifs is 1. The van der Waals surface area contributed by atoms with Crippen molar-refractivity contribution < 1.29 is 14.4 Å². The van der Waals surface area contributed by atoms with Gasteiger partial charge in [0.25, 0.3) is 0 Å². The molecule has 0 heterocycles. The molecule has 0 saturated heterocycles. The van der Waals surface area contributed by atoms with E-state index in [2.05, 4.69) is 5.32 Å². The summed E-state index contributed by atoms with van der Waals surface area (Å²) in [6, 6.07) is 14.0. The summed E-state index contributed by atoms with van der Waals surface area (Å²) < 4.78 is 0. The Labute approximate surface area is 133 Å². The van der Waals surface area contributed by atoms with Gasteiger partial charge in [0.05, 0.1) is 5.57 Å². The second-order valence-electron chi connectivity index (χ2n) is 5.50. The summed E-state index contributed by atoms with van der Waals surface area (Å²) in [5.41, 5.74) is 2.63. The van der Waals surface area contributed by atoms with Crippen LogP contribution in [-0.2, 0) is 4.79 Å². The Bertz CT molecular complexity index is 860. The van der Waals surface area contributed by atoms with Crippen molar-refractivity contribution in [2.75, 3.05) is 0 Å². The van der Waals surface area contributed by atoms with Gasteiger partial charge in [-0.15, -0.1) is 0 Å². The van der Waals surface area contributed by atoms with E-state index in [-0.39, 0.29) is 28.7 Å². The molecule has 1 aliphatic carbocycles. The van der Waals surface area contributed by atoms with Crippen LogP contribution >= 0.6 is 0 Å². The van der Waals surface area contributed by atoms with E-state index in [0.29, 0.717) is 16.7 Å². The third-order valence-corrected chi connectivity index (χ3v) is 3.76. The predicted octanol–water partition coefficient (Wildman–Crippen LogP) is 2.92. The van der Waals surface area contributed by atoms with Crippen LogP contribution in [0.15, 0.2) is 54.2 Å².